The van der Waals surface area contributed by atoms with Gasteiger partial charge in [-0.05, 0) is 37.8 Å². The third-order valence-electron chi connectivity index (χ3n) is 3.70. The molecule has 19 heavy (non-hydrogen) atoms. The van der Waals surface area contributed by atoms with E-state index in [2.05, 4.69) is 24.1 Å². The molecule has 0 aliphatic carbocycles. The van der Waals surface area contributed by atoms with Gasteiger partial charge in [0.15, 0.2) is 0 Å². The molecule has 0 bridgehead atoms. The first-order chi connectivity index (χ1) is 9.01. The maximum absolute atomic E-state index is 12.5. The molecule has 1 aromatic rings. The first-order valence-corrected chi connectivity index (χ1v) is 7.05. The number of piperidine rings is 1. The standard InChI is InChI=1S/C14H20ClN3O/c1-9-4-5-18(10(2)6-9)14(19)11-7-12(15)17-13(8-11)16-3/h7-10H,4-6H2,1-3H3,(H,16,17). The van der Waals surface area contributed by atoms with Gasteiger partial charge in [0, 0.05) is 25.2 Å². The highest BCUT2D eigenvalue weighted by Gasteiger charge is 2.27. The quantitative estimate of drug-likeness (QED) is 0.848. The van der Waals surface area contributed by atoms with Crippen LogP contribution in [-0.2, 0) is 0 Å². The zero-order valence-corrected chi connectivity index (χ0v) is 12.4. The molecule has 0 spiro atoms. The number of nitrogens with one attached hydrogen (secondary N) is 1. The van der Waals surface area contributed by atoms with Crippen molar-refractivity contribution in [3.05, 3.63) is 22.8 Å². The van der Waals surface area contributed by atoms with Crippen LogP contribution in [0.15, 0.2) is 12.1 Å². The lowest BCUT2D eigenvalue weighted by Crippen LogP contribution is -2.44. The molecule has 1 aliphatic rings. The highest BCUT2D eigenvalue weighted by molar-refractivity contribution is 6.29. The molecule has 0 radical (unpaired) electrons. The van der Waals surface area contributed by atoms with E-state index >= 15 is 0 Å². The van der Waals surface area contributed by atoms with Gasteiger partial charge in [0.25, 0.3) is 5.91 Å². The molecule has 1 N–H and O–H groups in total. The molecule has 0 saturated carbocycles. The van der Waals surface area contributed by atoms with Crippen LogP contribution in [0.25, 0.3) is 0 Å². The predicted octanol–water partition coefficient (Wildman–Crippen LogP) is 3.04. The van der Waals surface area contributed by atoms with Crippen LogP contribution in [0.2, 0.25) is 5.15 Å². The molecule has 1 saturated heterocycles. The molecule has 2 atom stereocenters. The van der Waals surface area contributed by atoms with Crippen LogP contribution >= 0.6 is 11.6 Å². The summed E-state index contributed by atoms with van der Waals surface area (Å²) in [5.41, 5.74) is 0.603. The van der Waals surface area contributed by atoms with Crippen molar-refractivity contribution in [1.82, 2.24) is 9.88 Å². The fraction of sp³-hybridized carbons (Fsp3) is 0.571. The largest absolute Gasteiger partial charge is 0.373 e. The molecule has 5 heteroatoms. The summed E-state index contributed by atoms with van der Waals surface area (Å²) >= 11 is 5.95. The normalized spacial score (nSPS) is 23.3. The zero-order chi connectivity index (χ0) is 14.0. The SMILES string of the molecule is CNc1cc(C(=O)N2CCC(C)CC2C)cc(Cl)n1. The second-order valence-corrected chi connectivity index (χ2v) is 5.68. The van der Waals surface area contributed by atoms with Gasteiger partial charge in [0.05, 0.1) is 0 Å². The summed E-state index contributed by atoms with van der Waals surface area (Å²) in [7, 11) is 1.76. The van der Waals surface area contributed by atoms with Crippen LogP contribution in [0.1, 0.15) is 37.0 Å². The molecular weight excluding hydrogens is 262 g/mol. The van der Waals surface area contributed by atoms with Gasteiger partial charge < -0.3 is 10.2 Å². The number of amides is 1. The van der Waals surface area contributed by atoms with Gasteiger partial charge in [-0.1, -0.05) is 18.5 Å². The maximum atomic E-state index is 12.5. The topological polar surface area (TPSA) is 45.2 Å². The monoisotopic (exact) mass is 281 g/mol. The number of pyridine rings is 1. The summed E-state index contributed by atoms with van der Waals surface area (Å²) in [6.07, 6.45) is 2.12. The van der Waals surface area contributed by atoms with Crippen molar-refractivity contribution in [3.8, 4) is 0 Å². The lowest BCUT2D eigenvalue weighted by atomic mass is 9.93. The Morgan fingerprint density at radius 1 is 1.47 bits per heavy atom. The first-order valence-electron chi connectivity index (χ1n) is 6.67. The van der Waals surface area contributed by atoms with E-state index in [-0.39, 0.29) is 11.9 Å². The third kappa shape index (κ3) is 3.18. The van der Waals surface area contributed by atoms with Gasteiger partial charge in [0.1, 0.15) is 11.0 Å². The fourth-order valence-corrected chi connectivity index (χ4v) is 2.83. The molecule has 1 aliphatic heterocycles. The third-order valence-corrected chi connectivity index (χ3v) is 3.89. The number of hydrogen-bond donors (Lipinski definition) is 1. The van der Waals surface area contributed by atoms with Crippen molar-refractivity contribution < 1.29 is 4.79 Å². The van der Waals surface area contributed by atoms with Gasteiger partial charge in [-0.2, -0.15) is 0 Å². The molecule has 2 heterocycles. The average molecular weight is 282 g/mol. The number of halogens is 1. The Morgan fingerprint density at radius 3 is 2.84 bits per heavy atom. The van der Waals surface area contributed by atoms with Crippen LogP contribution in [0, 0.1) is 5.92 Å². The van der Waals surface area contributed by atoms with E-state index in [0.717, 1.165) is 19.4 Å². The highest BCUT2D eigenvalue weighted by Crippen LogP contribution is 2.25. The molecule has 1 amide bonds. The minimum absolute atomic E-state index is 0.0419. The van der Waals surface area contributed by atoms with E-state index in [1.807, 2.05) is 4.90 Å². The molecule has 2 rings (SSSR count). The van der Waals surface area contributed by atoms with Crippen LogP contribution in [0.4, 0.5) is 5.82 Å². The van der Waals surface area contributed by atoms with Crippen LogP contribution in [0.3, 0.4) is 0 Å². The summed E-state index contributed by atoms with van der Waals surface area (Å²) < 4.78 is 0. The molecule has 4 nitrogen and oxygen atoms in total. The number of anilines is 1. The number of hydrogen-bond acceptors (Lipinski definition) is 3. The van der Waals surface area contributed by atoms with E-state index in [1.165, 1.54) is 0 Å². The minimum atomic E-state index is 0.0419. The second-order valence-electron chi connectivity index (χ2n) is 5.29. The Morgan fingerprint density at radius 2 is 2.21 bits per heavy atom. The summed E-state index contributed by atoms with van der Waals surface area (Å²) in [5.74, 6) is 1.35. The van der Waals surface area contributed by atoms with Gasteiger partial charge in [-0.15, -0.1) is 0 Å². The minimum Gasteiger partial charge on any atom is -0.373 e. The Balaban J connectivity index is 2.21. The lowest BCUT2D eigenvalue weighted by Gasteiger charge is -2.36. The predicted molar refractivity (Wildman–Crippen MR) is 77.7 cm³/mol. The summed E-state index contributed by atoms with van der Waals surface area (Å²) in [5, 5.41) is 3.26. The molecule has 1 aromatic heterocycles. The first kappa shape index (κ1) is 14.1. The van der Waals surface area contributed by atoms with Gasteiger partial charge in [0.2, 0.25) is 0 Å². The lowest BCUT2D eigenvalue weighted by molar-refractivity contribution is 0.0588. The highest BCUT2D eigenvalue weighted by atomic mass is 35.5. The summed E-state index contributed by atoms with van der Waals surface area (Å²) in [4.78, 5) is 18.6. The van der Waals surface area contributed by atoms with E-state index < -0.39 is 0 Å². The van der Waals surface area contributed by atoms with E-state index in [1.54, 1.807) is 19.2 Å². The number of carbonyl (C=O) groups is 1. The van der Waals surface area contributed by atoms with Crippen molar-refractivity contribution in [2.24, 2.45) is 5.92 Å². The number of rotatable bonds is 2. The maximum Gasteiger partial charge on any atom is 0.254 e. The van der Waals surface area contributed by atoms with Crippen LogP contribution in [0.5, 0.6) is 0 Å². The van der Waals surface area contributed by atoms with Gasteiger partial charge in [-0.3, -0.25) is 4.79 Å². The van der Waals surface area contributed by atoms with Crippen molar-refractivity contribution in [2.75, 3.05) is 18.9 Å². The van der Waals surface area contributed by atoms with Crippen molar-refractivity contribution in [2.45, 2.75) is 32.7 Å². The molecular formula is C14H20ClN3O. The van der Waals surface area contributed by atoms with Crippen LogP contribution < -0.4 is 5.32 Å². The van der Waals surface area contributed by atoms with E-state index in [4.69, 9.17) is 11.6 Å². The van der Waals surface area contributed by atoms with Gasteiger partial charge >= 0.3 is 0 Å². The Bertz CT molecular complexity index is 478. The van der Waals surface area contributed by atoms with E-state index in [0.29, 0.717) is 22.5 Å². The molecule has 1 fully saturated rings. The van der Waals surface area contributed by atoms with Crippen LogP contribution in [-0.4, -0.2) is 35.4 Å². The molecule has 0 aromatic carbocycles. The number of nitrogens with zero attached hydrogens (tertiary/aromatic N) is 2. The Labute approximate surface area is 119 Å². The van der Waals surface area contributed by atoms with Gasteiger partial charge in [-0.25, -0.2) is 4.98 Å². The van der Waals surface area contributed by atoms with E-state index in [9.17, 15) is 4.79 Å². The second kappa shape index (κ2) is 5.78. The Kier molecular flexibility index (Phi) is 4.30. The molecule has 2 unspecified atom stereocenters. The number of likely N-dealkylation sites (tertiary alicyclic amines) is 1. The number of carbonyl (C=O) groups excluding carboxylic acids is 1. The fourth-order valence-electron chi connectivity index (χ4n) is 2.62. The number of aromatic nitrogens is 1. The zero-order valence-electron chi connectivity index (χ0n) is 11.6. The smallest absolute Gasteiger partial charge is 0.254 e. The summed E-state index contributed by atoms with van der Waals surface area (Å²) in [6.45, 7) is 5.16. The summed E-state index contributed by atoms with van der Waals surface area (Å²) in [6, 6.07) is 3.66. The molecule has 104 valence electrons. The van der Waals surface area contributed by atoms with Crippen molar-refractivity contribution in [3.63, 3.8) is 0 Å². The average Bonchev–Trinajstić information content (AvgIpc) is 2.37. The van der Waals surface area contributed by atoms with Crippen molar-refractivity contribution >= 4 is 23.3 Å². The Hall–Kier alpha value is -1.29. The van der Waals surface area contributed by atoms with Crippen molar-refractivity contribution in [1.29, 1.82) is 0 Å².